The average molecular weight is 255 g/mol. The molecule has 1 aliphatic rings. The molecule has 19 heavy (non-hydrogen) atoms. The van der Waals surface area contributed by atoms with Crippen molar-refractivity contribution in [3.05, 3.63) is 65.8 Å². The molecule has 4 heteroatoms. The summed E-state index contributed by atoms with van der Waals surface area (Å²) in [6.07, 6.45) is 7.16. The van der Waals surface area contributed by atoms with Gasteiger partial charge < -0.3 is 14.3 Å². The number of fused-ring (bicyclic) bond motifs is 1. The van der Waals surface area contributed by atoms with E-state index in [2.05, 4.69) is 0 Å². The molecule has 0 atom stereocenters. The van der Waals surface area contributed by atoms with Crippen molar-refractivity contribution < 1.29 is 14.3 Å². The van der Waals surface area contributed by atoms with Gasteiger partial charge in [-0.2, -0.15) is 0 Å². The highest BCUT2D eigenvalue weighted by atomic mass is 16.5. The molecule has 0 spiro atoms. The van der Waals surface area contributed by atoms with Crippen LogP contribution in [0.1, 0.15) is 5.76 Å². The van der Waals surface area contributed by atoms with Crippen LogP contribution in [-0.4, -0.2) is 12.2 Å². The molecule has 0 amide bonds. The van der Waals surface area contributed by atoms with Gasteiger partial charge in [0.25, 0.3) is 0 Å². The lowest BCUT2D eigenvalue weighted by atomic mass is 10.0. The van der Waals surface area contributed by atoms with Gasteiger partial charge >= 0.3 is 0 Å². The minimum Gasteiger partial charge on any atom is -0.502 e. The molecule has 1 aromatic heterocycles. The first-order valence-electron chi connectivity index (χ1n) is 5.76. The molecule has 3 rings (SSSR count). The van der Waals surface area contributed by atoms with E-state index in [4.69, 9.17) is 9.15 Å². The maximum atomic E-state index is 12.1. The van der Waals surface area contributed by atoms with Crippen LogP contribution in [0.5, 0.6) is 11.5 Å². The topological polar surface area (TPSA) is 59.7 Å². The highest BCUT2D eigenvalue weighted by Gasteiger charge is 2.26. The Morgan fingerprint density at radius 3 is 2.63 bits per heavy atom. The minimum atomic E-state index is -0.444. The summed E-state index contributed by atoms with van der Waals surface area (Å²) in [5.41, 5.74) is -0.0570. The Morgan fingerprint density at radius 2 is 1.95 bits per heavy atom. The highest BCUT2D eigenvalue weighted by Crippen LogP contribution is 2.35. The van der Waals surface area contributed by atoms with Gasteiger partial charge in [-0.15, -0.1) is 0 Å². The Kier molecular flexibility index (Phi) is 2.93. The van der Waals surface area contributed by atoms with E-state index < -0.39 is 5.43 Å². The van der Waals surface area contributed by atoms with Crippen molar-refractivity contribution in [2.75, 3.05) is 7.11 Å². The third kappa shape index (κ3) is 1.97. The molecular weight excluding hydrogens is 244 g/mol. The second kappa shape index (κ2) is 4.61. The molecule has 0 saturated heterocycles. The van der Waals surface area contributed by atoms with Gasteiger partial charge in [0.05, 0.1) is 18.4 Å². The van der Waals surface area contributed by atoms with Gasteiger partial charge in [0.2, 0.25) is 11.2 Å². The van der Waals surface area contributed by atoms with Gasteiger partial charge in [-0.3, -0.25) is 4.79 Å². The van der Waals surface area contributed by atoms with Crippen molar-refractivity contribution in [1.29, 1.82) is 0 Å². The molecule has 1 N–H and O–H groups in total. The van der Waals surface area contributed by atoms with E-state index in [-0.39, 0.29) is 11.5 Å². The molecular formula is C15H11O4. The zero-order valence-corrected chi connectivity index (χ0v) is 10.2. The van der Waals surface area contributed by atoms with E-state index in [1.54, 1.807) is 31.0 Å². The SMILES string of the molecule is COc1ccc2c(=O)c(O)c([C]3[CH][CH][CH][CH]3)oc2c1. The molecule has 4 nitrogen and oxygen atoms in total. The lowest BCUT2D eigenvalue weighted by Crippen LogP contribution is -2.07. The number of benzene rings is 1. The Morgan fingerprint density at radius 1 is 1.21 bits per heavy atom. The van der Waals surface area contributed by atoms with Crippen LogP contribution in [0.25, 0.3) is 11.0 Å². The maximum absolute atomic E-state index is 12.1. The number of methoxy groups -OCH3 is 1. The second-order valence-electron chi connectivity index (χ2n) is 4.14. The van der Waals surface area contributed by atoms with Crippen molar-refractivity contribution in [1.82, 2.24) is 0 Å². The zero-order chi connectivity index (χ0) is 13.4. The van der Waals surface area contributed by atoms with E-state index in [0.717, 1.165) is 0 Å². The molecule has 2 aromatic rings. The van der Waals surface area contributed by atoms with Crippen LogP contribution in [0, 0.1) is 31.6 Å². The van der Waals surface area contributed by atoms with E-state index in [9.17, 15) is 9.90 Å². The van der Waals surface area contributed by atoms with E-state index in [1.807, 2.05) is 12.8 Å². The number of rotatable bonds is 2. The number of hydrogen-bond acceptors (Lipinski definition) is 4. The largest absolute Gasteiger partial charge is 0.502 e. The third-order valence-corrected chi connectivity index (χ3v) is 3.00. The summed E-state index contributed by atoms with van der Waals surface area (Å²) < 4.78 is 10.7. The Bertz CT molecular complexity index is 666. The molecule has 0 aliphatic heterocycles. The van der Waals surface area contributed by atoms with Crippen LogP contribution in [0.4, 0.5) is 0 Å². The van der Waals surface area contributed by atoms with E-state index in [0.29, 0.717) is 22.6 Å². The molecule has 5 radical (unpaired) electrons. The maximum Gasteiger partial charge on any atom is 0.234 e. The van der Waals surface area contributed by atoms with Gasteiger partial charge in [-0.05, 0) is 37.8 Å². The summed E-state index contributed by atoms with van der Waals surface area (Å²) in [5.74, 6) is 1.06. The molecule has 0 unspecified atom stereocenters. The predicted molar refractivity (Wildman–Crippen MR) is 70.2 cm³/mol. The highest BCUT2D eigenvalue weighted by molar-refractivity contribution is 5.80. The van der Waals surface area contributed by atoms with Crippen LogP contribution >= 0.6 is 0 Å². The molecule has 1 fully saturated rings. The van der Waals surface area contributed by atoms with Gasteiger partial charge in [-0.25, -0.2) is 0 Å². The smallest absolute Gasteiger partial charge is 0.234 e. The lowest BCUT2D eigenvalue weighted by molar-refractivity contribution is 0.411. The summed E-state index contributed by atoms with van der Waals surface area (Å²) in [5, 5.41) is 10.3. The Balaban J connectivity index is 2.22. The zero-order valence-electron chi connectivity index (χ0n) is 10.2. The summed E-state index contributed by atoms with van der Waals surface area (Å²) in [7, 11) is 1.54. The summed E-state index contributed by atoms with van der Waals surface area (Å²) in [6, 6.07) is 4.86. The predicted octanol–water partition coefficient (Wildman–Crippen LogP) is 2.26. The van der Waals surface area contributed by atoms with Crippen LogP contribution < -0.4 is 10.2 Å². The molecule has 1 aliphatic carbocycles. The Hall–Kier alpha value is -1.97. The molecule has 0 bridgehead atoms. The van der Waals surface area contributed by atoms with Crippen molar-refractivity contribution in [3.8, 4) is 11.5 Å². The monoisotopic (exact) mass is 255 g/mol. The minimum absolute atomic E-state index is 0.177. The quantitative estimate of drug-likeness (QED) is 0.894. The molecule has 1 aromatic carbocycles. The third-order valence-electron chi connectivity index (χ3n) is 3.00. The number of hydrogen-bond donors (Lipinski definition) is 1. The van der Waals surface area contributed by atoms with Crippen LogP contribution in [0.3, 0.4) is 0 Å². The van der Waals surface area contributed by atoms with Gasteiger partial charge in [-0.1, -0.05) is 0 Å². The van der Waals surface area contributed by atoms with Crippen LogP contribution in [0.15, 0.2) is 27.4 Å². The van der Waals surface area contributed by atoms with E-state index >= 15 is 0 Å². The summed E-state index contributed by atoms with van der Waals surface area (Å²) in [6.45, 7) is 0. The number of ether oxygens (including phenoxy) is 1. The second-order valence-corrected chi connectivity index (χ2v) is 4.14. The standard InChI is InChI=1S/C15H11O4/c1-18-10-6-7-11-12(8-10)19-15(14(17)13(11)16)9-4-2-3-5-9/h2-8,17H,1H3. The lowest BCUT2D eigenvalue weighted by Gasteiger charge is -2.10. The first kappa shape index (κ1) is 12.1. The van der Waals surface area contributed by atoms with Crippen LogP contribution in [-0.2, 0) is 0 Å². The molecule has 1 saturated carbocycles. The summed E-state index contributed by atoms with van der Waals surface area (Å²) in [4.78, 5) is 12.1. The first-order valence-corrected chi connectivity index (χ1v) is 5.76. The van der Waals surface area contributed by atoms with Crippen molar-refractivity contribution in [2.45, 2.75) is 0 Å². The van der Waals surface area contributed by atoms with Crippen LogP contribution in [0.2, 0.25) is 0 Å². The number of aromatic hydroxyl groups is 1. The fraction of sp³-hybridized carbons (Fsp3) is 0.0667. The molecule has 95 valence electrons. The van der Waals surface area contributed by atoms with E-state index in [1.165, 1.54) is 7.11 Å². The summed E-state index contributed by atoms with van der Waals surface area (Å²) >= 11 is 0. The molecule has 1 heterocycles. The fourth-order valence-corrected chi connectivity index (χ4v) is 2.01. The van der Waals surface area contributed by atoms with Gasteiger partial charge in [0.1, 0.15) is 11.3 Å². The normalized spacial score (nSPS) is 16.1. The Labute approximate surface area is 110 Å². The van der Waals surface area contributed by atoms with Crippen molar-refractivity contribution >= 4 is 11.0 Å². The fourth-order valence-electron chi connectivity index (χ4n) is 2.01. The average Bonchev–Trinajstić information content (AvgIpc) is 2.96. The first-order chi connectivity index (χ1) is 9.20. The van der Waals surface area contributed by atoms with Crippen molar-refractivity contribution in [2.24, 2.45) is 0 Å². The van der Waals surface area contributed by atoms with Gasteiger partial charge in [0, 0.05) is 6.07 Å². The van der Waals surface area contributed by atoms with Crippen molar-refractivity contribution in [3.63, 3.8) is 0 Å². The van der Waals surface area contributed by atoms with Gasteiger partial charge in [0.15, 0.2) is 5.76 Å².